The lowest BCUT2D eigenvalue weighted by Gasteiger charge is -2.23. The van der Waals surface area contributed by atoms with E-state index in [1.807, 2.05) is 18.2 Å². The third-order valence-corrected chi connectivity index (χ3v) is 6.61. The van der Waals surface area contributed by atoms with Crippen LogP contribution in [0.5, 0.6) is 0 Å². The van der Waals surface area contributed by atoms with E-state index in [0.717, 1.165) is 5.39 Å². The fourth-order valence-electron chi connectivity index (χ4n) is 5.27. The molecule has 0 unspecified atom stereocenters. The second-order valence-corrected chi connectivity index (χ2v) is 8.18. The molecule has 0 aliphatic carbocycles. The van der Waals surface area contributed by atoms with E-state index >= 15 is 0 Å². The van der Waals surface area contributed by atoms with Gasteiger partial charge < -0.3 is 20.4 Å². The number of hydrogen-bond donors (Lipinski definition) is 4. The molecule has 168 valence electrons. The Bertz CT molecular complexity index is 1770. The van der Waals surface area contributed by atoms with Crippen LogP contribution in [0.2, 0.25) is 0 Å². The maximum Gasteiger partial charge on any atom is 0.337 e. The van der Waals surface area contributed by atoms with Crippen LogP contribution >= 0.6 is 0 Å². The largest absolute Gasteiger partial charge is 0.478 e. The fourth-order valence-corrected chi connectivity index (χ4v) is 5.27. The van der Waals surface area contributed by atoms with Crippen molar-refractivity contribution < 1.29 is 39.6 Å². The molecule has 0 amide bonds. The van der Waals surface area contributed by atoms with Gasteiger partial charge in [-0.25, -0.2) is 19.2 Å². The summed E-state index contributed by atoms with van der Waals surface area (Å²) in [6.07, 6.45) is 0. The molecule has 0 aliphatic rings. The first-order valence-electron chi connectivity index (χ1n) is 10.2. The van der Waals surface area contributed by atoms with E-state index in [1.54, 1.807) is 25.1 Å². The van der Waals surface area contributed by atoms with Gasteiger partial charge in [0.1, 0.15) is 0 Å². The van der Waals surface area contributed by atoms with E-state index in [4.69, 9.17) is 0 Å². The van der Waals surface area contributed by atoms with Gasteiger partial charge in [-0.15, -0.1) is 0 Å². The summed E-state index contributed by atoms with van der Waals surface area (Å²) in [6.45, 7) is 3.23. The monoisotopic (exact) mass is 456 g/mol. The van der Waals surface area contributed by atoms with Crippen LogP contribution in [-0.4, -0.2) is 44.3 Å². The lowest BCUT2D eigenvalue weighted by Crippen LogP contribution is -2.19. The number of carbonyl (C=O) groups is 4. The number of carboxylic acids is 4. The minimum Gasteiger partial charge on any atom is -0.478 e. The Morgan fingerprint density at radius 1 is 0.500 bits per heavy atom. The Hall–Kier alpha value is -4.72. The molecular formula is C26H16O8. The lowest BCUT2D eigenvalue weighted by molar-refractivity contribution is 0.0635. The zero-order valence-electron chi connectivity index (χ0n) is 17.9. The quantitative estimate of drug-likeness (QED) is 0.214. The van der Waals surface area contributed by atoms with Crippen LogP contribution in [-0.2, 0) is 0 Å². The van der Waals surface area contributed by atoms with Crippen LogP contribution in [0, 0.1) is 13.8 Å². The van der Waals surface area contributed by atoms with Crippen LogP contribution in [0.1, 0.15) is 52.6 Å². The molecule has 0 spiro atoms. The number of aromatic carboxylic acids is 4. The minimum atomic E-state index is -1.77. The van der Waals surface area contributed by atoms with E-state index in [1.165, 1.54) is 6.92 Å². The van der Waals surface area contributed by atoms with Gasteiger partial charge in [0.15, 0.2) is 0 Å². The van der Waals surface area contributed by atoms with Crippen molar-refractivity contribution in [2.45, 2.75) is 13.8 Å². The maximum atomic E-state index is 12.5. The Balaban J connectivity index is 2.40. The summed E-state index contributed by atoms with van der Waals surface area (Å²) in [5.41, 5.74) is -2.02. The molecule has 0 heterocycles. The van der Waals surface area contributed by atoms with Crippen molar-refractivity contribution in [2.24, 2.45) is 0 Å². The van der Waals surface area contributed by atoms with Gasteiger partial charge in [0.2, 0.25) is 0 Å². The zero-order valence-corrected chi connectivity index (χ0v) is 17.9. The molecule has 0 atom stereocenters. The molecule has 5 rings (SSSR count). The van der Waals surface area contributed by atoms with E-state index in [-0.39, 0.29) is 27.3 Å². The smallest absolute Gasteiger partial charge is 0.337 e. The van der Waals surface area contributed by atoms with Crippen molar-refractivity contribution in [3.63, 3.8) is 0 Å². The average Bonchev–Trinajstić information content (AvgIpc) is 2.77. The van der Waals surface area contributed by atoms with Crippen LogP contribution in [0.25, 0.3) is 43.1 Å². The first-order valence-corrected chi connectivity index (χ1v) is 10.2. The van der Waals surface area contributed by atoms with E-state index in [0.29, 0.717) is 27.1 Å². The van der Waals surface area contributed by atoms with Crippen LogP contribution in [0.3, 0.4) is 0 Å². The van der Waals surface area contributed by atoms with Crippen molar-refractivity contribution in [1.82, 2.24) is 0 Å². The predicted octanol–water partition coefficient (Wildman–Crippen LogP) is 5.15. The molecule has 0 aliphatic heterocycles. The summed E-state index contributed by atoms with van der Waals surface area (Å²) < 4.78 is 0. The first-order chi connectivity index (χ1) is 16.1. The summed E-state index contributed by atoms with van der Waals surface area (Å²) in [6, 6.07) is 10.6. The van der Waals surface area contributed by atoms with Gasteiger partial charge in [0.25, 0.3) is 0 Å². The second-order valence-electron chi connectivity index (χ2n) is 8.18. The molecule has 0 radical (unpaired) electrons. The van der Waals surface area contributed by atoms with Crippen molar-refractivity contribution in [3.8, 4) is 0 Å². The van der Waals surface area contributed by atoms with E-state index in [9.17, 15) is 39.6 Å². The second kappa shape index (κ2) is 6.89. The maximum absolute atomic E-state index is 12.5. The Morgan fingerprint density at radius 2 is 0.971 bits per heavy atom. The first kappa shape index (κ1) is 21.1. The van der Waals surface area contributed by atoms with Crippen LogP contribution in [0.15, 0.2) is 36.4 Å². The van der Waals surface area contributed by atoms with E-state index < -0.39 is 40.6 Å². The van der Waals surface area contributed by atoms with Gasteiger partial charge >= 0.3 is 23.9 Å². The highest BCUT2D eigenvalue weighted by molar-refractivity contribution is 6.41. The molecule has 0 aromatic heterocycles. The summed E-state index contributed by atoms with van der Waals surface area (Å²) in [5, 5.41) is 43.1. The lowest BCUT2D eigenvalue weighted by atomic mass is 9.79. The van der Waals surface area contributed by atoms with Gasteiger partial charge in [0, 0.05) is 16.2 Å². The summed E-state index contributed by atoms with van der Waals surface area (Å²) in [4.78, 5) is 49.6. The highest BCUT2D eigenvalue weighted by atomic mass is 16.4. The predicted molar refractivity (Wildman–Crippen MR) is 125 cm³/mol. The van der Waals surface area contributed by atoms with Gasteiger partial charge in [-0.05, 0) is 51.9 Å². The zero-order chi connectivity index (χ0) is 24.6. The van der Waals surface area contributed by atoms with Crippen LogP contribution in [0.4, 0.5) is 0 Å². The number of carboxylic acid groups (broad SMARTS) is 4. The van der Waals surface area contributed by atoms with Crippen molar-refractivity contribution in [3.05, 3.63) is 69.8 Å². The normalized spacial score (nSPS) is 11.6. The van der Waals surface area contributed by atoms with E-state index in [2.05, 4.69) is 0 Å². The fraction of sp³-hybridized carbons (Fsp3) is 0.0769. The Labute approximate surface area is 190 Å². The molecule has 0 saturated heterocycles. The number of rotatable bonds is 4. The molecule has 0 bridgehead atoms. The summed E-state index contributed by atoms with van der Waals surface area (Å²) in [7, 11) is 0. The number of benzene rings is 5. The van der Waals surface area contributed by atoms with Crippen LogP contribution < -0.4 is 0 Å². The van der Waals surface area contributed by atoms with Crippen molar-refractivity contribution in [1.29, 1.82) is 0 Å². The standard InChI is InChI=1S/C26H16O8/c1-9-10(2)15(23(27)28)19-18-14(9)12-7-3-5-11-6-4-8-13(16(11)12)17(18)20(24(29)30)22(26(33)34)21(19)25(31)32/h3-8H,1-2H3,(H,27,28)(H,29,30)(H,31,32)(H,33,34). The number of aryl methyl sites for hydroxylation is 1. The molecule has 0 fully saturated rings. The highest BCUT2D eigenvalue weighted by Crippen LogP contribution is 2.47. The molecule has 5 aromatic rings. The van der Waals surface area contributed by atoms with Crippen molar-refractivity contribution >= 4 is 67.0 Å². The van der Waals surface area contributed by atoms with Crippen molar-refractivity contribution in [2.75, 3.05) is 0 Å². The highest BCUT2D eigenvalue weighted by Gasteiger charge is 2.35. The summed E-state index contributed by atoms with van der Waals surface area (Å²) >= 11 is 0. The topological polar surface area (TPSA) is 149 Å². The molecule has 4 N–H and O–H groups in total. The Morgan fingerprint density at radius 3 is 1.47 bits per heavy atom. The van der Waals surface area contributed by atoms with Gasteiger partial charge in [-0.1, -0.05) is 36.4 Å². The minimum absolute atomic E-state index is 0.00907. The molecular weight excluding hydrogens is 440 g/mol. The third-order valence-electron chi connectivity index (χ3n) is 6.61. The average molecular weight is 456 g/mol. The molecule has 0 saturated carbocycles. The molecule has 34 heavy (non-hydrogen) atoms. The Kier molecular flexibility index (Phi) is 4.28. The number of hydrogen-bond acceptors (Lipinski definition) is 4. The molecule has 5 aromatic carbocycles. The number of fused-ring (bicyclic) bond motifs is 2. The van der Waals surface area contributed by atoms with Gasteiger partial charge in [0.05, 0.1) is 22.3 Å². The molecule has 8 heteroatoms. The molecule has 8 nitrogen and oxygen atoms in total. The SMILES string of the molecule is Cc1c(C(=O)O)c2c(C(=O)O)c(C(=O)O)c(C(=O)O)c3c4cccc5cccc(c(c1C)c23)c54. The van der Waals surface area contributed by atoms with Gasteiger partial charge in [-0.3, -0.25) is 0 Å². The summed E-state index contributed by atoms with van der Waals surface area (Å²) in [5.74, 6) is -6.54. The van der Waals surface area contributed by atoms with Gasteiger partial charge in [-0.2, -0.15) is 0 Å². The third kappa shape index (κ3) is 2.47.